The van der Waals surface area contributed by atoms with Gasteiger partial charge in [0.15, 0.2) is 5.82 Å². The molecule has 3 rings (SSSR count). The maximum absolute atomic E-state index is 4.73. The molecular formula is C16H19N3S. The average Bonchev–Trinajstić information content (AvgIpc) is 3.32. The first kappa shape index (κ1) is 13.4. The molecule has 0 spiro atoms. The molecule has 0 unspecified atom stereocenters. The first-order chi connectivity index (χ1) is 9.80. The highest BCUT2D eigenvalue weighted by Gasteiger charge is 2.26. The summed E-state index contributed by atoms with van der Waals surface area (Å²) >= 11 is 1.85. The Balaban J connectivity index is 1.93. The topological polar surface area (TPSA) is 37.8 Å². The second-order valence-corrected chi connectivity index (χ2v) is 6.32. The number of hydrogen-bond donors (Lipinski definition) is 1. The molecule has 4 heteroatoms. The molecule has 1 saturated carbocycles. The smallest absolute Gasteiger partial charge is 0.161 e. The fraction of sp³-hybridized carbons (Fsp3) is 0.375. The quantitative estimate of drug-likeness (QED) is 0.837. The third-order valence-electron chi connectivity index (χ3n) is 3.42. The van der Waals surface area contributed by atoms with Crippen molar-refractivity contribution in [1.82, 2.24) is 9.97 Å². The maximum Gasteiger partial charge on any atom is 0.161 e. The Kier molecular flexibility index (Phi) is 3.92. The number of nitrogens with zero attached hydrogens (tertiary/aromatic N) is 2. The molecule has 0 bridgehead atoms. The predicted octanol–water partition coefficient (Wildman–Crippen LogP) is 4.17. The van der Waals surface area contributed by atoms with Crippen LogP contribution in [0.5, 0.6) is 0 Å². The molecule has 1 fully saturated rings. The minimum Gasteiger partial charge on any atom is -0.373 e. The average molecular weight is 285 g/mol. The summed E-state index contributed by atoms with van der Waals surface area (Å²) in [6.45, 7) is 2.17. The molecular weight excluding hydrogens is 266 g/mol. The number of aromatic nitrogens is 2. The van der Waals surface area contributed by atoms with Crippen LogP contribution in [-0.2, 0) is 0 Å². The molecule has 1 heterocycles. The van der Waals surface area contributed by atoms with Crippen LogP contribution in [0.2, 0.25) is 0 Å². The van der Waals surface area contributed by atoms with Crippen LogP contribution in [0.15, 0.2) is 35.2 Å². The van der Waals surface area contributed by atoms with Gasteiger partial charge in [0.2, 0.25) is 0 Å². The van der Waals surface area contributed by atoms with Crippen molar-refractivity contribution in [3.8, 4) is 11.4 Å². The Bertz CT molecular complexity index is 591. The van der Waals surface area contributed by atoms with Gasteiger partial charge in [0.05, 0.1) is 0 Å². The molecule has 0 radical (unpaired) electrons. The normalized spacial score (nSPS) is 14.3. The third-order valence-corrected chi connectivity index (χ3v) is 4.32. The molecule has 0 saturated heterocycles. The van der Waals surface area contributed by atoms with Gasteiger partial charge in [-0.15, -0.1) is 11.8 Å². The van der Waals surface area contributed by atoms with Gasteiger partial charge in [-0.3, -0.25) is 0 Å². The van der Waals surface area contributed by atoms with Gasteiger partial charge in [-0.25, -0.2) is 9.97 Å². The molecule has 20 heavy (non-hydrogen) atoms. The van der Waals surface area contributed by atoms with E-state index in [1.165, 1.54) is 23.4 Å². The van der Waals surface area contributed by atoms with Gasteiger partial charge in [0, 0.05) is 35.2 Å². The summed E-state index contributed by atoms with van der Waals surface area (Å²) in [5, 5.41) is 3.14. The van der Waals surface area contributed by atoms with E-state index in [2.05, 4.69) is 47.6 Å². The SMILES string of the molecule is CCSc1ccc(-c2nc(NC)cc(C3CC3)n2)cc1. The lowest BCUT2D eigenvalue weighted by atomic mass is 10.2. The summed E-state index contributed by atoms with van der Waals surface area (Å²) in [4.78, 5) is 10.6. The summed E-state index contributed by atoms with van der Waals surface area (Å²) in [6.07, 6.45) is 2.51. The zero-order valence-corrected chi connectivity index (χ0v) is 12.7. The van der Waals surface area contributed by atoms with E-state index in [1.807, 2.05) is 18.8 Å². The minimum absolute atomic E-state index is 0.638. The lowest BCUT2D eigenvalue weighted by Crippen LogP contribution is -2.00. The van der Waals surface area contributed by atoms with E-state index in [0.717, 1.165) is 23.0 Å². The van der Waals surface area contributed by atoms with Crippen molar-refractivity contribution in [3.63, 3.8) is 0 Å². The Hall–Kier alpha value is -1.55. The molecule has 1 aliphatic rings. The molecule has 3 nitrogen and oxygen atoms in total. The number of nitrogens with one attached hydrogen (secondary N) is 1. The molecule has 2 aromatic rings. The Morgan fingerprint density at radius 2 is 1.95 bits per heavy atom. The fourth-order valence-corrected chi connectivity index (χ4v) is 2.84. The summed E-state index contributed by atoms with van der Waals surface area (Å²) in [5.41, 5.74) is 2.26. The van der Waals surface area contributed by atoms with Crippen molar-refractivity contribution in [2.24, 2.45) is 0 Å². The molecule has 0 amide bonds. The van der Waals surface area contributed by atoms with E-state index < -0.39 is 0 Å². The zero-order valence-electron chi connectivity index (χ0n) is 11.9. The summed E-state index contributed by atoms with van der Waals surface area (Å²) in [5.74, 6) is 3.46. The van der Waals surface area contributed by atoms with Crippen LogP contribution in [0.3, 0.4) is 0 Å². The van der Waals surface area contributed by atoms with Crippen molar-refractivity contribution in [2.75, 3.05) is 18.1 Å². The van der Waals surface area contributed by atoms with E-state index in [-0.39, 0.29) is 0 Å². The maximum atomic E-state index is 4.73. The van der Waals surface area contributed by atoms with Gasteiger partial charge in [0.1, 0.15) is 5.82 Å². The van der Waals surface area contributed by atoms with Gasteiger partial charge in [-0.05, 0) is 30.7 Å². The zero-order chi connectivity index (χ0) is 13.9. The van der Waals surface area contributed by atoms with Crippen LogP contribution in [-0.4, -0.2) is 22.8 Å². The lowest BCUT2D eigenvalue weighted by Gasteiger charge is -2.08. The van der Waals surface area contributed by atoms with Crippen LogP contribution in [0.1, 0.15) is 31.4 Å². The van der Waals surface area contributed by atoms with E-state index in [9.17, 15) is 0 Å². The Morgan fingerprint density at radius 1 is 1.20 bits per heavy atom. The van der Waals surface area contributed by atoms with Crippen molar-refractivity contribution < 1.29 is 0 Å². The molecule has 104 valence electrons. The lowest BCUT2D eigenvalue weighted by molar-refractivity contribution is 0.994. The van der Waals surface area contributed by atoms with Crippen molar-refractivity contribution in [3.05, 3.63) is 36.0 Å². The number of rotatable bonds is 5. The summed E-state index contributed by atoms with van der Waals surface area (Å²) in [6, 6.07) is 10.6. The van der Waals surface area contributed by atoms with Gasteiger partial charge in [-0.2, -0.15) is 0 Å². The van der Waals surface area contributed by atoms with E-state index in [4.69, 9.17) is 4.98 Å². The highest BCUT2D eigenvalue weighted by atomic mass is 32.2. The van der Waals surface area contributed by atoms with Crippen LogP contribution in [0.25, 0.3) is 11.4 Å². The molecule has 0 atom stereocenters. The first-order valence-corrected chi connectivity index (χ1v) is 8.08. The Labute approximate surface area is 124 Å². The summed E-state index contributed by atoms with van der Waals surface area (Å²) < 4.78 is 0. The number of thioether (sulfide) groups is 1. The standard InChI is InChI=1S/C16H19N3S/c1-3-20-13-8-6-12(7-9-13)16-18-14(11-4-5-11)10-15(17-2)19-16/h6-11H,3-5H2,1-2H3,(H,17,18,19). The van der Waals surface area contributed by atoms with E-state index in [1.54, 1.807) is 0 Å². The van der Waals surface area contributed by atoms with E-state index >= 15 is 0 Å². The summed E-state index contributed by atoms with van der Waals surface area (Å²) in [7, 11) is 1.91. The molecule has 1 aromatic heterocycles. The van der Waals surface area contributed by atoms with Gasteiger partial charge in [0.25, 0.3) is 0 Å². The second-order valence-electron chi connectivity index (χ2n) is 4.98. The fourth-order valence-electron chi connectivity index (χ4n) is 2.18. The number of benzene rings is 1. The molecule has 1 N–H and O–H groups in total. The van der Waals surface area contributed by atoms with Crippen LogP contribution < -0.4 is 5.32 Å². The molecule has 0 aliphatic heterocycles. The van der Waals surface area contributed by atoms with Gasteiger partial charge >= 0.3 is 0 Å². The van der Waals surface area contributed by atoms with E-state index in [0.29, 0.717) is 5.92 Å². The van der Waals surface area contributed by atoms with Crippen molar-refractivity contribution >= 4 is 17.6 Å². The highest BCUT2D eigenvalue weighted by molar-refractivity contribution is 7.99. The molecule has 1 aromatic carbocycles. The molecule has 1 aliphatic carbocycles. The third kappa shape index (κ3) is 2.96. The van der Waals surface area contributed by atoms with Gasteiger partial charge in [-0.1, -0.05) is 19.1 Å². The predicted molar refractivity (Wildman–Crippen MR) is 85.4 cm³/mol. The van der Waals surface area contributed by atoms with Crippen molar-refractivity contribution in [2.45, 2.75) is 30.6 Å². The number of anilines is 1. The van der Waals surface area contributed by atoms with Crippen LogP contribution in [0, 0.1) is 0 Å². The first-order valence-electron chi connectivity index (χ1n) is 7.10. The Morgan fingerprint density at radius 3 is 2.55 bits per heavy atom. The van der Waals surface area contributed by atoms with Crippen LogP contribution >= 0.6 is 11.8 Å². The minimum atomic E-state index is 0.638. The van der Waals surface area contributed by atoms with Crippen molar-refractivity contribution in [1.29, 1.82) is 0 Å². The largest absolute Gasteiger partial charge is 0.373 e. The highest BCUT2D eigenvalue weighted by Crippen LogP contribution is 2.40. The van der Waals surface area contributed by atoms with Gasteiger partial charge < -0.3 is 5.32 Å². The second kappa shape index (κ2) is 5.83. The van der Waals surface area contributed by atoms with Crippen LogP contribution in [0.4, 0.5) is 5.82 Å². The number of hydrogen-bond acceptors (Lipinski definition) is 4. The monoisotopic (exact) mass is 285 g/mol.